The van der Waals surface area contributed by atoms with Crippen molar-refractivity contribution in [1.82, 2.24) is 0 Å². The molecule has 0 heterocycles. The SMILES string of the molecule is COC(=O)/C=C/C(=O)COC(=O)CCC(N)C(C)=O. The molecule has 7 nitrogen and oxygen atoms in total. The van der Waals surface area contributed by atoms with Crippen molar-refractivity contribution < 1.29 is 28.7 Å². The molecule has 0 saturated heterocycles. The second-order valence-corrected chi connectivity index (χ2v) is 3.74. The molecule has 0 aliphatic heterocycles. The molecule has 0 aliphatic carbocycles. The molecule has 0 fully saturated rings. The fourth-order valence-corrected chi connectivity index (χ4v) is 0.978. The number of esters is 2. The Labute approximate surface area is 110 Å². The molecular weight excluding hydrogens is 254 g/mol. The lowest BCUT2D eigenvalue weighted by atomic mass is 10.1. The number of carbonyl (C=O) groups is 4. The second-order valence-electron chi connectivity index (χ2n) is 3.74. The Morgan fingerprint density at radius 1 is 1.21 bits per heavy atom. The molecule has 0 bridgehead atoms. The molecular formula is C12H17NO6. The van der Waals surface area contributed by atoms with Crippen LogP contribution < -0.4 is 5.73 Å². The third-order valence-corrected chi connectivity index (χ3v) is 2.16. The number of methoxy groups -OCH3 is 1. The van der Waals surface area contributed by atoms with E-state index in [9.17, 15) is 19.2 Å². The number of ether oxygens (including phenoxy) is 2. The van der Waals surface area contributed by atoms with Crippen LogP contribution in [-0.2, 0) is 28.7 Å². The van der Waals surface area contributed by atoms with Gasteiger partial charge in [-0.15, -0.1) is 0 Å². The molecule has 106 valence electrons. The fourth-order valence-electron chi connectivity index (χ4n) is 0.978. The predicted octanol–water partition coefficient (Wildman–Crippen LogP) is -0.476. The second kappa shape index (κ2) is 8.98. The minimum atomic E-state index is -0.706. The van der Waals surface area contributed by atoms with Crippen molar-refractivity contribution in [2.24, 2.45) is 5.73 Å². The van der Waals surface area contributed by atoms with E-state index >= 15 is 0 Å². The Hall–Kier alpha value is -2.02. The normalized spacial score (nSPS) is 11.9. The van der Waals surface area contributed by atoms with Crippen molar-refractivity contribution >= 4 is 23.5 Å². The van der Waals surface area contributed by atoms with Crippen molar-refractivity contribution in [2.75, 3.05) is 13.7 Å². The van der Waals surface area contributed by atoms with E-state index in [1.165, 1.54) is 14.0 Å². The first-order chi connectivity index (χ1) is 8.86. The van der Waals surface area contributed by atoms with Gasteiger partial charge in [0.05, 0.1) is 13.2 Å². The Morgan fingerprint density at radius 2 is 1.84 bits per heavy atom. The highest BCUT2D eigenvalue weighted by atomic mass is 16.5. The number of nitrogens with two attached hydrogens (primary N) is 1. The summed E-state index contributed by atoms with van der Waals surface area (Å²) in [6.45, 7) is 0.860. The van der Waals surface area contributed by atoms with E-state index in [-0.39, 0.29) is 18.6 Å². The van der Waals surface area contributed by atoms with Crippen LogP contribution in [-0.4, -0.2) is 43.3 Å². The van der Waals surface area contributed by atoms with E-state index in [2.05, 4.69) is 9.47 Å². The third-order valence-electron chi connectivity index (χ3n) is 2.16. The topological polar surface area (TPSA) is 113 Å². The van der Waals surface area contributed by atoms with Gasteiger partial charge < -0.3 is 15.2 Å². The molecule has 0 radical (unpaired) electrons. The summed E-state index contributed by atoms with van der Waals surface area (Å²) in [5, 5.41) is 0. The Kier molecular flexibility index (Phi) is 8.03. The number of hydrogen-bond donors (Lipinski definition) is 1. The number of carbonyl (C=O) groups excluding carboxylic acids is 4. The Bertz CT molecular complexity index is 388. The van der Waals surface area contributed by atoms with Crippen LogP contribution in [0.2, 0.25) is 0 Å². The predicted molar refractivity (Wildman–Crippen MR) is 65.0 cm³/mol. The van der Waals surface area contributed by atoms with Crippen LogP contribution in [0, 0.1) is 0 Å². The molecule has 19 heavy (non-hydrogen) atoms. The van der Waals surface area contributed by atoms with Gasteiger partial charge in [-0.25, -0.2) is 4.79 Å². The summed E-state index contributed by atoms with van der Waals surface area (Å²) < 4.78 is 8.92. The van der Waals surface area contributed by atoms with Crippen LogP contribution in [0.3, 0.4) is 0 Å². The minimum Gasteiger partial charge on any atom is -0.466 e. The van der Waals surface area contributed by atoms with Gasteiger partial charge in [-0.3, -0.25) is 14.4 Å². The van der Waals surface area contributed by atoms with Crippen LogP contribution in [0.25, 0.3) is 0 Å². The minimum absolute atomic E-state index is 0.0469. The van der Waals surface area contributed by atoms with Crippen LogP contribution in [0.5, 0.6) is 0 Å². The number of hydrogen-bond acceptors (Lipinski definition) is 7. The fraction of sp³-hybridized carbons (Fsp3) is 0.500. The third kappa shape index (κ3) is 8.67. The average Bonchev–Trinajstić information content (AvgIpc) is 2.39. The maximum absolute atomic E-state index is 11.2. The lowest BCUT2D eigenvalue weighted by molar-refractivity contribution is -0.147. The summed E-state index contributed by atoms with van der Waals surface area (Å²) in [5.41, 5.74) is 5.43. The monoisotopic (exact) mass is 271 g/mol. The number of rotatable bonds is 8. The summed E-state index contributed by atoms with van der Waals surface area (Å²) in [5.74, 6) is -2.07. The quantitative estimate of drug-likeness (QED) is 0.468. The molecule has 0 aromatic heterocycles. The van der Waals surface area contributed by atoms with Crippen LogP contribution in [0.15, 0.2) is 12.2 Å². The van der Waals surface area contributed by atoms with E-state index in [0.29, 0.717) is 0 Å². The molecule has 0 spiro atoms. The molecule has 0 aromatic carbocycles. The zero-order chi connectivity index (χ0) is 14.8. The van der Waals surface area contributed by atoms with E-state index in [1.807, 2.05) is 0 Å². The molecule has 1 atom stereocenters. The largest absolute Gasteiger partial charge is 0.466 e. The smallest absolute Gasteiger partial charge is 0.330 e. The zero-order valence-electron chi connectivity index (χ0n) is 10.9. The summed E-state index contributed by atoms with van der Waals surface area (Å²) >= 11 is 0. The lowest BCUT2D eigenvalue weighted by Gasteiger charge is -2.06. The van der Waals surface area contributed by atoms with Crippen LogP contribution >= 0.6 is 0 Å². The van der Waals surface area contributed by atoms with Gasteiger partial charge in [0.15, 0.2) is 12.4 Å². The van der Waals surface area contributed by atoms with Gasteiger partial charge >= 0.3 is 11.9 Å². The summed E-state index contributed by atoms with van der Waals surface area (Å²) in [7, 11) is 1.18. The van der Waals surface area contributed by atoms with Crippen molar-refractivity contribution in [2.45, 2.75) is 25.8 Å². The summed E-state index contributed by atoms with van der Waals surface area (Å²) in [6, 6.07) is -0.706. The Balaban J connectivity index is 3.91. The highest BCUT2D eigenvalue weighted by Crippen LogP contribution is 1.98. The number of ketones is 2. The maximum atomic E-state index is 11.2. The van der Waals surface area contributed by atoms with Gasteiger partial charge in [-0.05, 0) is 19.4 Å². The number of Topliss-reactive ketones (excluding diaryl/α,β-unsaturated/α-hetero) is 1. The standard InChI is InChI=1S/C12H17NO6/c1-8(14)10(13)4-6-12(17)19-7-9(15)3-5-11(16)18-2/h3,5,10H,4,6-7,13H2,1-2H3/b5-3+. The summed E-state index contributed by atoms with van der Waals surface area (Å²) in [6.07, 6.45) is 2.01. The van der Waals surface area contributed by atoms with Crippen molar-refractivity contribution in [1.29, 1.82) is 0 Å². The molecule has 7 heteroatoms. The molecule has 0 aliphatic rings. The molecule has 0 amide bonds. The van der Waals surface area contributed by atoms with Gasteiger partial charge in [0.1, 0.15) is 5.78 Å². The van der Waals surface area contributed by atoms with E-state index in [4.69, 9.17) is 5.73 Å². The summed E-state index contributed by atoms with van der Waals surface area (Å²) in [4.78, 5) is 43.9. The van der Waals surface area contributed by atoms with Gasteiger partial charge in [0, 0.05) is 12.5 Å². The van der Waals surface area contributed by atoms with Gasteiger partial charge in [0.2, 0.25) is 0 Å². The molecule has 0 saturated carbocycles. The molecule has 1 unspecified atom stereocenters. The maximum Gasteiger partial charge on any atom is 0.330 e. The highest BCUT2D eigenvalue weighted by Gasteiger charge is 2.12. The lowest BCUT2D eigenvalue weighted by Crippen LogP contribution is -2.29. The average molecular weight is 271 g/mol. The molecule has 0 aromatic rings. The highest BCUT2D eigenvalue weighted by molar-refractivity contribution is 5.97. The van der Waals surface area contributed by atoms with Crippen LogP contribution in [0.1, 0.15) is 19.8 Å². The van der Waals surface area contributed by atoms with Crippen molar-refractivity contribution in [3.05, 3.63) is 12.2 Å². The Morgan fingerprint density at radius 3 is 2.37 bits per heavy atom. The molecule has 0 rings (SSSR count). The zero-order valence-corrected chi connectivity index (χ0v) is 10.9. The van der Waals surface area contributed by atoms with Gasteiger partial charge in [0.25, 0.3) is 0 Å². The van der Waals surface area contributed by atoms with Gasteiger partial charge in [-0.2, -0.15) is 0 Å². The van der Waals surface area contributed by atoms with E-state index in [0.717, 1.165) is 12.2 Å². The molecule has 2 N–H and O–H groups in total. The van der Waals surface area contributed by atoms with Crippen molar-refractivity contribution in [3.8, 4) is 0 Å². The van der Waals surface area contributed by atoms with E-state index in [1.54, 1.807) is 0 Å². The first-order valence-corrected chi connectivity index (χ1v) is 5.57. The first kappa shape index (κ1) is 17.0. The van der Waals surface area contributed by atoms with Crippen LogP contribution in [0.4, 0.5) is 0 Å². The first-order valence-electron chi connectivity index (χ1n) is 5.57. The van der Waals surface area contributed by atoms with E-state index < -0.39 is 30.4 Å². The van der Waals surface area contributed by atoms with Gasteiger partial charge in [-0.1, -0.05) is 0 Å². The van der Waals surface area contributed by atoms with Crippen molar-refractivity contribution in [3.63, 3.8) is 0 Å².